The van der Waals surface area contributed by atoms with E-state index < -0.39 is 11.8 Å². The molecule has 0 saturated carbocycles. The Hall–Kier alpha value is -3.25. The third kappa shape index (κ3) is 4.72. The van der Waals surface area contributed by atoms with Gasteiger partial charge in [-0.25, -0.2) is 0 Å². The molecule has 2 aromatic carbocycles. The number of aryl methyl sites for hydroxylation is 1. The Balaban J connectivity index is 1.57. The van der Waals surface area contributed by atoms with Gasteiger partial charge in [0.25, 0.3) is 0 Å². The van der Waals surface area contributed by atoms with E-state index in [1.54, 1.807) is 30.3 Å². The predicted octanol–water partition coefficient (Wildman–Crippen LogP) is 3.80. The first kappa shape index (κ1) is 19.5. The van der Waals surface area contributed by atoms with Crippen molar-refractivity contribution < 1.29 is 14.4 Å². The lowest BCUT2D eigenvalue weighted by Gasteiger charge is -2.09. The van der Waals surface area contributed by atoms with Gasteiger partial charge in [-0.3, -0.25) is 14.4 Å². The summed E-state index contributed by atoms with van der Waals surface area (Å²) in [6.07, 6.45) is 0.755. The summed E-state index contributed by atoms with van der Waals surface area (Å²) in [5.74, 6) is -1.48. The number of nitrogens with one attached hydrogen (secondary N) is 2. The largest absolute Gasteiger partial charge is 0.343 e. The van der Waals surface area contributed by atoms with Gasteiger partial charge in [0.1, 0.15) is 0 Å². The molecule has 3 aromatic rings. The summed E-state index contributed by atoms with van der Waals surface area (Å²) >= 11 is 1.30. The van der Waals surface area contributed by atoms with Gasteiger partial charge in [0, 0.05) is 16.1 Å². The molecule has 0 unspecified atom stereocenters. The van der Waals surface area contributed by atoms with Crippen molar-refractivity contribution in [3.8, 4) is 0 Å². The third-order valence-electron chi connectivity index (χ3n) is 4.20. The average molecular weight is 392 g/mol. The minimum atomic E-state index is -0.713. The molecule has 142 valence electrons. The fraction of sp³-hybridized carbons (Fsp3) is 0.136. The summed E-state index contributed by atoms with van der Waals surface area (Å²) in [6, 6.07) is 19.9. The summed E-state index contributed by atoms with van der Waals surface area (Å²) < 4.78 is 0. The molecule has 0 bridgehead atoms. The Kier molecular flexibility index (Phi) is 6.34. The Bertz CT molecular complexity index is 996. The van der Waals surface area contributed by atoms with Gasteiger partial charge in [0.2, 0.25) is 5.78 Å². The van der Waals surface area contributed by atoms with Crippen LogP contribution >= 0.6 is 11.3 Å². The number of ketones is 1. The van der Waals surface area contributed by atoms with Crippen molar-refractivity contribution in [3.05, 3.63) is 87.6 Å². The summed E-state index contributed by atoms with van der Waals surface area (Å²) in [5, 5.41) is 5.24. The maximum atomic E-state index is 12.4. The van der Waals surface area contributed by atoms with Gasteiger partial charge < -0.3 is 10.6 Å². The van der Waals surface area contributed by atoms with Gasteiger partial charge in [-0.2, -0.15) is 0 Å². The molecule has 2 amide bonds. The van der Waals surface area contributed by atoms with Crippen LogP contribution in [0.4, 0.5) is 5.69 Å². The molecular weight excluding hydrogens is 372 g/mol. The molecule has 1 heterocycles. The average Bonchev–Trinajstić information content (AvgIpc) is 3.21. The number of rotatable bonds is 6. The van der Waals surface area contributed by atoms with Crippen LogP contribution in [0.5, 0.6) is 0 Å². The van der Waals surface area contributed by atoms with Gasteiger partial charge >= 0.3 is 11.8 Å². The fourth-order valence-corrected chi connectivity index (χ4v) is 3.61. The minimum Gasteiger partial charge on any atom is -0.343 e. The smallest absolute Gasteiger partial charge is 0.313 e. The van der Waals surface area contributed by atoms with Crippen LogP contribution in [0.3, 0.4) is 0 Å². The SMILES string of the molecule is CCc1ccccc1NC(=O)C(=O)NCc1ccc(C(=O)c2ccccc2)s1. The van der Waals surface area contributed by atoms with Crippen molar-refractivity contribution in [3.63, 3.8) is 0 Å². The Labute approximate surface area is 167 Å². The lowest BCUT2D eigenvalue weighted by Crippen LogP contribution is -2.35. The van der Waals surface area contributed by atoms with Crippen molar-refractivity contribution in [2.45, 2.75) is 19.9 Å². The Morgan fingerprint density at radius 3 is 2.32 bits per heavy atom. The van der Waals surface area contributed by atoms with E-state index in [-0.39, 0.29) is 12.3 Å². The molecule has 0 radical (unpaired) electrons. The van der Waals surface area contributed by atoms with Crippen LogP contribution in [0.25, 0.3) is 0 Å². The highest BCUT2D eigenvalue weighted by Gasteiger charge is 2.16. The van der Waals surface area contributed by atoms with Crippen LogP contribution < -0.4 is 10.6 Å². The van der Waals surface area contributed by atoms with Crippen molar-refractivity contribution in [2.75, 3.05) is 5.32 Å². The summed E-state index contributed by atoms with van der Waals surface area (Å²) in [4.78, 5) is 38.0. The van der Waals surface area contributed by atoms with Crippen LogP contribution in [0.15, 0.2) is 66.7 Å². The van der Waals surface area contributed by atoms with Crippen molar-refractivity contribution in [2.24, 2.45) is 0 Å². The topological polar surface area (TPSA) is 75.3 Å². The molecule has 6 heteroatoms. The zero-order valence-corrected chi connectivity index (χ0v) is 16.2. The second-order valence-corrected chi connectivity index (χ2v) is 7.28. The summed E-state index contributed by atoms with van der Waals surface area (Å²) in [7, 11) is 0. The number of para-hydroxylation sites is 1. The van der Waals surface area contributed by atoms with E-state index in [2.05, 4.69) is 10.6 Å². The van der Waals surface area contributed by atoms with E-state index in [1.165, 1.54) is 11.3 Å². The van der Waals surface area contributed by atoms with E-state index in [9.17, 15) is 14.4 Å². The molecular formula is C22H20N2O3S. The lowest BCUT2D eigenvalue weighted by atomic mass is 10.1. The number of hydrogen-bond donors (Lipinski definition) is 2. The van der Waals surface area contributed by atoms with Gasteiger partial charge in [0.15, 0.2) is 0 Å². The van der Waals surface area contributed by atoms with E-state index in [0.717, 1.165) is 16.9 Å². The number of thiophene rings is 1. The van der Waals surface area contributed by atoms with Crippen LogP contribution in [0.1, 0.15) is 32.6 Å². The quantitative estimate of drug-likeness (QED) is 0.495. The highest BCUT2D eigenvalue weighted by molar-refractivity contribution is 7.14. The molecule has 3 rings (SSSR count). The van der Waals surface area contributed by atoms with Gasteiger partial charge in [-0.1, -0.05) is 55.5 Å². The van der Waals surface area contributed by atoms with E-state index in [1.807, 2.05) is 43.3 Å². The first-order chi connectivity index (χ1) is 13.6. The number of amides is 2. The summed E-state index contributed by atoms with van der Waals surface area (Å²) in [5.41, 5.74) is 2.22. The van der Waals surface area contributed by atoms with Crippen LogP contribution in [-0.4, -0.2) is 17.6 Å². The monoisotopic (exact) mass is 392 g/mol. The molecule has 0 aliphatic heterocycles. The molecule has 28 heavy (non-hydrogen) atoms. The molecule has 0 aliphatic carbocycles. The molecule has 0 spiro atoms. The van der Waals surface area contributed by atoms with Crippen molar-refractivity contribution >= 4 is 34.6 Å². The highest BCUT2D eigenvalue weighted by Crippen LogP contribution is 2.20. The van der Waals surface area contributed by atoms with Gasteiger partial charge in [-0.05, 0) is 30.2 Å². The molecule has 0 aliphatic rings. The number of carbonyl (C=O) groups is 3. The van der Waals surface area contributed by atoms with Crippen LogP contribution in [0, 0.1) is 0 Å². The Morgan fingerprint density at radius 2 is 1.57 bits per heavy atom. The maximum absolute atomic E-state index is 12.4. The van der Waals surface area contributed by atoms with Crippen molar-refractivity contribution in [1.29, 1.82) is 0 Å². The first-order valence-electron chi connectivity index (χ1n) is 8.94. The standard InChI is InChI=1S/C22H20N2O3S/c1-2-15-8-6-7-11-18(15)24-22(27)21(26)23-14-17-12-13-19(28-17)20(25)16-9-4-3-5-10-16/h3-13H,2,14H2,1H3,(H,23,26)(H,24,27). The normalized spacial score (nSPS) is 10.3. The lowest BCUT2D eigenvalue weighted by molar-refractivity contribution is -0.136. The molecule has 2 N–H and O–H groups in total. The number of benzene rings is 2. The zero-order valence-electron chi connectivity index (χ0n) is 15.4. The number of carbonyl (C=O) groups excluding carboxylic acids is 3. The van der Waals surface area contributed by atoms with Crippen molar-refractivity contribution in [1.82, 2.24) is 5.32 Å². The maximum Gasteiger partial charge on any atom is 0.313 e. The predicted molar refractivity (Wildman–Crippen MR) is 110 cm³/mol. The minimum absolute atomic E-state index is 0.0582. The molecule has 0 saturated heterocycles. The number of anilines is 1. The second kappa shape index (κ2) is 9.10. The van der Waals surface area contributed by atoms with Crippen LogP contribution in [0.2, 0.25) is 0 Å². The molecule has 0 atom stereocenters. The fourth-order valence-electron chi connectivity index (χ4n) is 2.70. The van der Waals surface area contributed by atoms with Crippen LogP contribution in [-0.2, 0) is 22.6 Å². The second-order valence-electron chi connectivity index (χ2n) is 6.11. The Morgan fingerprint density at radius 1 is 0.857 bits per heavy atom. The van der Waals surface area contributed by atoms with E-state index in [4.69, 9.17) is 0 Å². The van der Waals surface area contributed by atoms with E-state index in [0.29, 0.717) is 16.1 Å². The molecule has 1 aromatic heterocycles. The zero-order chi connectivity index (χ0) is 19.9. The van der Waals surface area contributed by atoms with Gasteiger partial charge in [-0.15, -0.1) is 11.3 Å². The highest BCUT2D eigenvalue weighted by atomic mass is 32.1. The molecule has 0 fully saturated rings. The molecule has 5 nitrogen and oxygen atoms in total. The first-order valence-corrected chi connectivity index (χ1v) is 9.75. The van der Waals surface area contributed by atoms with E-state index >= 15 is 0 Å². The third-order valence-corrected chi connectivity index (χ3v) is 5.28. The van der Waals surface area contributed by atoms with Gasteiger partial charge in [0.05, 0.1) is 11.4 Å². The summed E-state index contributed by atoms with van der Waals surface area (Å²) in [6.45, 7) is 2.17. The number of hydrogen-bond acceptors (Lipinski definition) is 4.